The summed E-state index contributed by atoms with van der Waals surface area (Å²) in [7, 11) is 4.76. The maximum absolute atomic E-state index is 6.27. The van der Waals surface area contributed by atoms with Gasteiger partial charge in [-0.1, -0.05) is 30.0 Å². The molecule has 150 valence electrons. The average Bonchev–Trinajstić information content (AvgIpc) is 2.94. The molecule has 0 radical (unpaired) electrons. The Kier molecular flexibility index (Phi) is 5.30. The van der Waals surface area contributed by atoms with Gasteiger partial charge in [0.2, 0.25) is 17.3 Å². The lowest BCUT2D eigenvalue weighted by Crippen LogP contribution is -2.18. The van der Waals surface area contributed by atoms with E-state index in [0.29, 0.717) is 34.0 Å². The molecule has 0 spiro atoms. The molecule has 9 heteroatoms. The monoisotopic (exact) mass is 412 g/mol. The quantitative estimate of drug-likeness (QED) is 0.629. The molecule has 4 rings (SSSR count). The second-order valence-electron chi connectivity index (χ2n) is 6.09. The Morgan fingerprint density at radius 1 is 0.966 bits per heavy atom. The Balaban J connectivity index is 1.88. The van der Waals surface area contributed by atoms with E-state index in [1.165, 1.54) is 11.8 Å². The van der Waals surface area contributed by atoms with Crippen LogP contribution in [-0.2, 0) is 0 Å². The Morgan fingerprint density at radius 3 is 2.41 bits per heavy atom. The van der Waals surface area contributed by atoms with Crippen molar-refractivity contribution >= 4 is 17.4 Å². The first kappa shape index (κ1) is 19.1. The summed E-state index contributed by atoms with van der Waals surface area (Å²) >= 11 is 1.40. The van der Waals surface area contributed by atoms with Crippen LogP contribution in [0.3, 0.4) is 0 Å². The van der Waals surface area contributed by atoms with E-state index in [2.05, 4.69) is 20.5 Å². The summed E-state index contributed by atoms with van der Waals surface area (Å²) in [5, 5.41) is 12.5. The van der Waals surface area contributed by atoms with Gasteiger partial charge in [0.15, 0.2) is 17.2 Å². The fraction of sp³-hybridized carbons (Fsp3) is 0.250. The SMILES string of the molecule is COc1cc(OC)c([C@@H]2Nc3ccccc3-c3nnc(SC)nc3O2)cc1OC. The molecule has 1 aliphatic heterocycles. The highest BCUT2D eigenvalue weighted by molar-refractivity contribution is 7.98. The van der Waals surface area contributed by atoms with Crippen LogP contribution < -0.4 is 24.3 Å². The van der Waals surface area contributed by atoms with Crippen molar-refractivity contribution in [3.05, 3.63) is 42.0 Å². The number of hydrogen-bond acceptors (Lipinski definition) is 9. The molecule has 0 unspecified atom stereocenters. The van der Waals surface area contributed by atoms with Crippen molar-refractivity contribution in [3.63, 3.8) is 0 Å². The summed E-state index contributed by atoms with van der Waals surface area (Å²) < 4.78 is 22.7. The number of aromatic nitrogens is 3. The Bertz CT molecular complexity index is 1050. The highest BCUT2D eigenvalue weighted by atomic mass is 32.2. The third-order valence-electron chi connectivity index (χ3n) is 4.53. The Labute approximate surface area is 172 Å². The van der Waals surface area contributed by atoms with Crippen molar-refractivity contribution < 1.29 is 18.9 Å². The van der Waals surface area contributed by atoms with Crippen LogP contribution in [0.1, 0.15) is 11.8 Å². The van der Waals surface area contributed by atoms with Gasteiger partial charge in [0.1, 0.15) is 5.75 Å². The third kappa shape index (κ3) is 3.49. The molecule has 0 saturated carbocycles. The lowest BCUT2D eigenvalue weighted by molar-refractivity contribution is 0.218. The molecule has 0 aliphatic carbocycles. The van der Waals surface area contributed by atoms with Crippen LogP contribution in [0.2, 0.25) is 0 Å². The van der Waals surface area contributed by atoms with Crippen molar-refractivity contribution in [2.75, 3.05) is 32.9 Å². The molecular formula is C20H20N4O4S. The number of ether oxygens (including phenoxy) is 4. The molecule has 0 amide bonds. The number of nitrogens with zero attached hydrogens (tertiary/aromatic N) is 3. The standard InChI is InChI=1S/C20H20N4O4S/c1-25-14-10-16(27-3)15(26-2)9-12(14)18-21-13-8-6-5-7-11(13)17-19(28-18)22-20(29-4)24-23-17/h5-10,18,21H,1-4H3/t18-/m1/s1. The van der Waals surface area contributed by atoms with Crippen LogP contribution in [0.25, 0.3) is 11.3 Å². The number of methoxy groups -OCH3 is 3. The normalized spacial score (nSPS) is 14.6. The maximum atomic E-state index is 6.27. The minimum Gasteiger partial charge on any atom is -0.496 e. The van der Waals surface area contributed by atoms with Gasteiger partial charge in [-0.2, -0.15) is 4.98 Å². The number of hydrogen-bond donors (Lipinski definition) is 1. The zero-order valence-corrected chi connectivity index (χ0v) is 17.2. The van der Waals surface area contributed by atoms with Gasteiger partial charge in [0.25, 0.3) is 0 Å². The number of nitrogens with one attached hydrogen (secondary N) is 1. The summed E-state index contributed by atoms with van der Waals surface area (Å²) in [6, 6.07) is 11.4. The molecule has 1 atom stereocenters. The molecule has 1 aliphatic rings. The first-order valence-corrected chi connectivity index (χ1v) is 10.0. The highest BCUT2D eigenvalue weighted by Crippen LogP contribution is 2.43. The Morgan fingerprint density at radius 2 is 1.69 bits per heavy atom. The van der Waals surface area contributed by atoms with E-state index in [-0.39, 0.29) is 0 Å². The van der Waals surface area contributed by atoms with Crippen molar-refractivity contribution in [1.29, 1.82) is 0 Å². The van der Waals surface area contributed by atoms with Crippen molar-refractivity contribution in [2.24, 2.45) is 0 Å². The van der Waals surface area contributed by atoms with Crippen LogP contribution in [0.15, 0.2) is 41.6 Å². The lowest BCUT2D eigenvalue weighted by Gasteiger charge is -2.22. The summed E-state index contributed by atoms with van der Waals surface area (Å²) in [6.45, 7) is 0. The largest absolute Gasteiger partial charge is 0.496 e. The van der Waals surface area contributed by atoms with E-state index >= 15 is 0 Å². The van der Waals surface area contributed by atoms with Crippen LogP contribution in [0.4, 0.5) is 5.69 Å². The molecule has 0 saturated heterocycles. The van der Waals surface area contributed by atoms with Gasteiger partial charge in [-0.05, 0) is 18.4 Å². The fourth-order valence-corrected chi connectivity index (χ4v) is 3.43. The van der Waals surface area contributed by atoms with E-state index in [4.69, 9.17) is 18.9 Å². The number of para-hydroxylation sites is 1. The minimum atomic E-state index is -0.599. The molecular weight excluding hydrogens is 392 g/mol. The first-order valence-electron chi connectivity index (χ1n) is 8.79. The fourth-order valence-electron chi connectivity index (χ4n) is 3.13. The maximum Gasteiger partial charge on any atom is 0.247 e. The zero-order chi connectivity index (χ0) is 20.4. The summed E-state index contributed by atoms with van der Waals surface area (Å²) in [4.78, 5) is 4.53. The van der Waals surface area contributed by atoms with Gasteiger partial charge in [-0.3, -0.25) is 0 Å². The van der Waals surface area contributed by atoms with E-state index < -0.39 is 6.23 Å². The van der Waals surface area contributed by atoms with Crippen LogP contribution in [0, 0.1) is 0 Å². The van der Waals surface area contributed by atoms with E-state index in [1.54, 1.807) is 27.4 Å². The van der Waals surface area contributed by atoms with E-state index in [1.807, 2.05) is 36.6 Å². The molecule has 1 aromatic heterocycles. The Hall–Kier alpha value is -3.20. The zero-order valence-electron chi connectivity index (χ0n) is 16.4. The molecule has 1 N–H and O–H groups in total. The lowest BCUT2D eigenvalue weighted by atomic mass is 10.1. The number of thioether (sulfide) groups is 1. The minimum absolute atomic E-state index is 0.392. The van der Waals surface area contributed by atoms with Gasteiger partial charge >= 0.3 is 0 Å². The number of benzene rings is 2. The summed E-state index contributed by atoms with van der Waals surface area (Å²) in [5.74, 6) is 2.12. The van der Waals surface area contributed by atoms with Gasteiger partial charge in [0, 0.05) is 17.3 Å². The molecule has 0 fully saturated rings. The first-order chi connectivity index (χ1) is 14.2. The summed E-state index contributed by atoms with van der Waals surface area (Å²) in [5.41, 5.74) is 3.02. The second-order valence-corrected chi connectivity index (χ2v) is 6.86. The van der Waals surface area contributed by atoms with Gasteiger partial charge in [-0.15, -0.1) is 10.2 Å². The average molecular weight is 412 g/mol. The predicted molar refractivity (Wildman–Crippen MR) is 110 cm³/mol. The van der Waals surface area contributed by atoms with Crippen molar-refractivity contribution in [2.45, 2.75) is 11.4 Å². The number of rotatable bonds is 5. The molecule has 8 nitrogen and oxygen atoms in total. The predicted octanol–water partition coefficient (Wildman–Crippen LogP) is 3.79. The third-order valence-corrected chi connectivity index (χ3v) is 5.07. The van der Waals surface area contributed by atoms with Crippen molar-refractivity contribution in [3.8, 4) is 34.4 Å². The number of fused-ring (bicyclic) bond motifs is 3. The van der Waals surface area contributed by atoms with Crippen LogP contribution >= 0.6 is 11.8 Å². The van der Waals surface area contributed by atoms with Crippen LogP contribution in [0.5, 0.6) is 23.1 Å². The number of anilines is 1. The molecule has 29 heavy (non-hydrogen) atoms. The topological polar surface area (TPSA) is 87.6 Å². The van der Waals surface area contributed by atoms with Gasteiger partial charge < -0.3 is 24.3 Å². The summed E-state index contributed by atoms with van der Waals surface area (Å²) in [6.07, 6.45) is 1.29. The molecule has 2 aromatic carbocycles. The van der Waals surface area contributed by atoms with Gasteiger partial charge in [-0.25, -0.2) is 0 Å². The smallest absolute Gasteiger partial charge is 0.247 e. The highest BCUT2D eigenvalue weighted by Gasteiger charge is 2.29. The second kappa shape index (κ2) is 8.04. The molecule has 2 heterocycles. The van der Waals surface area contributed by atoms with E-state index in [0.717, 1.165) is 16.8 Å². The van der Waals surface area contributed by atoms with Crippen molar-refractivity contribution in [1.82, 2.24) is 15.2 Å². The van der Waals surface area contributed by atoms with Crippen LogP contribution in [-0.4, -0.2) is 42.8 Å². The van der Waals surface area contributed by atoms with Gasteiger partial charge in [0.05, 0.1) is 26.9 Å². The van der Waals surface area contributed by atoms with E-state index in [9.17, 15) is 0 Å². The molecule has 0 bridgehead atoms. The molecule has 3 aromatic rings.